The summed E-state index contributed by atoms with van der Waals surface area (Å²) in [4.78, 5) is 0. The molecule has 6 heteroatoms. The monoisotopic (exact) mass is 334 g/mol. The van der Waals surface area contributed by atoms with Crippen LogP contribution < -0.4 is 4.74 Å². The number of halogens is 5. The van der Waals surface area contributed by atoms with Gasteiger partial charge in [0.15, 0.2) is 0 Å². The summed E-state index contributed by atoms with van der Waals surface area (Å²) in [5, 5.41) is 0.525. The van der Waals surface area contributed by atoms with E-state index >= 15 is 0 Å². The van der Waals surface area contributed by atoms with Crippen LogP contribution in [-0.4, -0.2) is 0 Å². The SMILES string of the molecule is FC(F)(F)c1cccc(COc2ccc(Cl)cc2CCl)c1. The third-order valence-electron chi connectivity index (χ3n) is 2.82. The van der Waals surface area contributed by atoms with E-state index in [1.54, 1.807) is 24.3 Å². The molecule has 0 heterocycles. The van der Waals surface area contributed by atoms with Crippen molar-refractivity contribution in [1.82, 2.24) is 0 Å². The summed E-state index contributed by atoms with van der Waals surface area (Å²) >= 11 is 11.6. The van der Waals surface area contributed by atoms with Crippen molar-refractivity contribution in [3.05, 3.63) is 64.2 Å². The van der Waals surface area contributed by atoms with Gasteiger partial charge in [0.05, 0.1) is 11.4 Å². The van der Waals surface area contributed by atoms with E-state index < -0.39 is 11.7 Å². The van der Waals surface area contributed by atoms with E-state index in [4.69, 9.17) is 27.9 Å². The predicted octanol–water partition coefficient (Wildman–Crippen LogP) is 5.68. The molecule has 0 fully saturated rings. The molecule has 0 bridgehead atoms. The van der Waals surface area contributed by atoms with Crippen molar-refractivity contribution in [3.63, 3.8) is 0 Å². The fourth-order valence-electron chi connectivity index (χ4n) is 1.79. The zero-order valence-corrected chi connectivity index (χ0v) is 12.3. The average molecular weight is 335 g/mol. The predicted molar refractivity (Wildman–Crippen MR) is 76.8 cm³/mol. The third-order valence-corrected chi connectivity index (χ3v) is 3.34. The highest BCUT2D eigenvalue weighted by molar-refractivity contribution is 6.30. The van der Waals surface area contributed by atoms with Crippen LogP contribution in [0, 0.1) is 0 Å². The third kappa shape index (κ3) is 4.29. The van der Waals surface area contributed by atoms with Gasteiger partial charge >= 0.3 is 6.18 Å². The van der Waals surface area contributed by atoms with Crippen molar-refractivity contribution in [2.75, 3.05) is 0 Å². The van der Waals surface area contributed by atoms with Crippen molar-refractivity contribution in [2.24, 2.45) is 0 Å². The van der Waals surface area contributed by atoms with Gasteiger partial charge < -0.3 is 4.74 Å². The lowest BCUT2D eigenvalue weighted by atomic mass is 10.1. The van der Waals surface area contributed by atoms with Gasteiger partial charge in [-0.1, -0.05) is 23.7 Å². The molecule has 112 valence electrons. The molecular formula is C15H11Cl2F3O. The van der Waals surface area contributed by atoms with E-state index in [0.29, 0.717) is 21.9 Å². The molecule has 2 aromatic carbocycles. The molecule has 21 heavy (non-hydrogen) atoms. The van der Waals surface area contributed by atoms with Crippen LogP contribution in [0.25, 0.3) is 0 Å². The molecule has 2 rings (SSSR count). The van der Waals surface area contributed by atoms with E-state index in [1.807, 2.05) is 0 Å². The highest BCUT2D eigenvalue weighted by Gasteiger charge is 2.30. The lowest BCUT2D eigenvalue weighted by Gasteiger charge is -2.12. The Hall–Kier alpha value is -1.39. The Kier molecular flexibility index (Phi) is 5.01. The Morgan fingerprint density at radius 2 is 1.81 bits per heavy atom. The second-order valence-electron chi connectivity index (χ2n) is 4.37. The van der Waals surface area contributed by atoms with Crippen LogP contribution in [0.5, 0.6) is 5.75 Å². The number of ether oxygens (including phenoxy) is 1. The molecule has 0 aliphatic heterocycles. The minimum absolute atomic E-state index is 0.0233. The summed E-state index contributed by atoms with van der Waals surface area (Å²) in [7, 11) is 0. The van der Waals surface area contributed by atoms with Crippen molar-refractivity contribution >= 4 is 23.2 Å². The minimum Gasteiger partial charge on any atom is -0.489 e. The fraction of sp³-hybridized carbons (Fsp3) is 0.200. The Bertz CT molecular complexity index is 627. The first-order valence-electron chi connectivity index (χ1n) is 6.03. The first-order valence-corrected chi connectivity index (χ1v) is 6.94. The average Bonchev–Trinajstić information content (AvgIpc) is 2.45. The zero-order valence-electron chi connectivity index (χ0n) is 10.8. The van der Waals surface area contributed by atoms with Crippen LogP contribution in [0.15, 0.2) is 42.5 Å². The quantitative estimate of drug-likeness (QED) is 0.654. The first kappa shape index (κ1) is 16.0. The largest absolute Gasteiger partial charge is 0.489 e. The molecule has 0 radical (unpaired) electrons. The summed E-state index contributed by atoms with van der Waals surface area (Å²) in [6, 6.07) is 9.96. The maximum Gasteiger partial charge on any atom is 0.416 e. The molecule has 0 aliphatic rings. The van der Waals surface area contributed by atoms with E-state index in [2.05, 4.69) is 0 Å². The lowest BCUT2D eigenvalue weighted by molar-refractivity contribution is -0.137. The first-order chi connectivity index (χ1) is 9.90. The molecule has 0 saturated carbocycles. The summed E-state index contributed by atoms with van der Waals surface area (Å²) in [6.07, 6.45) is -4.36. The summed E-state index contributed by atoms with van der Waals surface area (Å²) < 4.78 is 43.4. The zero-order chi connectivity index (χ0) is 15.5. The normalized spacial score (nSPS) is 11.5. The van der Waals surface area contributed by atoms with Crippen LogP contribution in [0.4, 0.5) is 13.2 Å². The van der Waals surface area contributed by atoms with E-state index in [1.165, 1.54) is 6.07 Å². The molecule has 0 atom stereocenters. The van der Waals surface area contributed by atoms with Gasteiger partial charge in [-0.3, -0.25) is 0 Å². The van der Waals surface area contributed by atoms with Gasteiger partial charge in [-0.2, -0.15) is 13.2 Å². The van der Waals surface area contributed by atoms with Crippen LogP contribution in [-0.2, 0) is 18.7 Å². The van der Waals surface area contributed by atoms with Crippen molar-refractivity contribution in [3.8, 4) is 5.75 Å². The Morgan fingerprint density at radius 1 is 1.05 bits per heavy atom. The number of hydrogen-bond acceptors (Lipinski definition) is 1. The van der Waals surface area contributed by atoms with E-state index in [9.17, 15) is 13.2 Å². The molecule has 0 aromatic heterocycles. The number of rotatable bonds is 4. The Balaban J connectivity index is 2.13. The molecule has 2 aromatic rings. The fourth-order valence-corrected chi connectivity index (χ4v) is 2.20. The smallest absolute Gasteiger partial charge is 0.416 e. The molecule has 0 aliphatic carbocycles. The van der Waals surface area contributed by atoms with Crippen molar-refractivity contribution in [2.45, 2.75) is 18.7 Å². The van der Waals surface area contributed by atoms with E-state index in [0.717, 1.165) is 12.1 Å². The molecule has 0 unspecified atom stereocenters. The van der Waals surface area contributed by atoms with Crippen LogP contribution in [0.1, 0.15) is 16.7 Å². The minimum atomic E-state index is -4.36. The Labute approximate surface area is 130 Å². The van der Waals surface area contributed by atoms with Gasteiger partial charge in [0.1, 0.15) is 12.4 Å². The molecule has 1 nitrogen and oxygen atoms in total. The number of benzene rings is 2. The highest BCUT2D eigenvalue weighted by Crippen LogP contribution is 2.30. The van der Waals surface area contributed by atoms with Gasteiger partial charge in [-0.05, 0) is 35.9 Å². The Morgan fingerprint density at radius 3 is 2.48 bits per heavy atom. The second-order valence-corrected chi connectivity index (χ2v) is 5.08. The maximum absolute atomic E-state index is 12.6. The molecular weight excluding hydrogens is 324 g/mol. The van der Waals surface area contributed by atoms with Gasteiger partial charge in [-0.25, -0.2) is 0 Å². The molecule has 0 saturated heterocycles. The topological polar surface area (TPSA) is 9.23 Å². The van der Waals surface area contributed by atoms with Crippen molar-refractivity contribution in [1.29, 1.82) is 0 Å². The standard InChI is InChI=1S/C15H11Cl2F3O/c16-8-11-7-13(17)4-5-14(11)21-9-10-2-1-3-12(6-10)15(18,19)20/h1-7H,8-9H2. The summed E-state index contributed by atoms with van der Waals surface area (Å²) in [6.45, 7) is 0.0233. The highest BCUT2D eigenvalue weighted by atomic mass is 35.5. The van der Waals surface area contributed by atoms with E-state index in [-0.39, 0.29) is 12.5 Å². The van der Waals surface area contributed by atoms with Crippen LogP contribution in [0.2, 0.25) is 5.02 Å². The van der Waals surface area contributed by atoms with Gasteiger partial charge in [-0.15, -0.1) is 11.6 Å². The van der Waals surface area contributed by atoms with Crippen LogP contribution >= 0.6 is 23.2 Å². The maximum atomic E-state index is 12.6. The number of alkyl halides is 4. The number of hydrogen-bond donors (Lipinski definition) is 0. The summed E-state index contributed by atoms with van der Waals surface area (Å²) in [5.74, 6) is 0.713. The van der Waals surface area contributed by atoms with Gasteiger partial charge in [0.25, 0.3) is 0 Å². The molecule has 0 amide bonds. The summed E-state index contributed by atoms with van der Waals surface area (Å²) in [5.41, 5.74) is 0.425. The second kappa shape index (κ2) is 6.58. The lowest BCUT2D eigenvalue weighted by Crippen LogP contribution is -2.06. The van der Waals surface area contributed by atoms with Crippen LogP contribution in [0.3, 0.4) is 0 Å². The van der Waals surface area contributed by atoms with Crippen molar-refractivity contribution < 1.29 is 17.9 Å². The molecule has 0 N–H and O–H groups in total. The van der Waals surface area contributed by atoms with Gasteiger partial charge in [0, 0.05) is 10.6 Å². The van der Waals surface area contributed by atoms with Gasteiger partial charge in [0.2, 0.25) is 0 Å². The molecule has 0 spiro atoms.